The third-order valence-electron chi connectivity index (χ3n) is 2.83. The van der Waals surface area contributed by atoms with Crippen LogP contribution in [0.15, 0.2) is 18.2 Å². The van der Waals surface area contributed by atoms with Gasteiger partial charge in [0.15, 0.2) is 0 Å². The van der Waals surface area contributed by atoms with E-state index in [1.165, 1.54) is 6.07 Å². The molecule has 5 nitrogen and oxygen atoms in total. The van der Waals surface area contributed by atoms with Crippen molar-refractivity contribution >= 4 is 17.0 Å². The van der Waals surface area contributed by atoms with Crippen molar-refractivity contribution in [1.82, 2.24) is 9.55 Å². The van der Waals surface area contributed by atoms with Crippen LogP contribution in [0.25, 0.3) is 11.0 Å². The molecule has 0 saturated carbocycles. The monoisotopic (exact) mass is 234 g/mol. The first-order chi connectivity index (χ1) is 8.06. The minimum atomic E-state index is -0.989. The molecule has 90 valence electrons. The van der Waals surface area contributed by atoms with E-state index in [9.17, 15) is 9.90 Å². The number of aromatic nitrogens is 2. The van der Waals surface area contributed by atoms with Crippen molar-refractivity contribution in [2.24, 2.45) is 0 Å². The summed E-state index contributed by atoms with van der Waals surface area (Å²) in [4.78, 5) is 15.4. The van der Waals surface area contributed by atoms with Gasteiger partial charge in [-0.3, -0.25) is 0 Å². The van der Waals surface area contributed by atoms with Crippen LogP contribution in [0.3, 0.4) is 0 Å². The van der Waals surface area contributed by atoms with Gasteiger partial charge in [0.25, 0.3) is 0 Å². The number of carboxylic acid groups (broad SMARTS) is 1. The van der Waals surface area contributed by atoms with Gasteiger partial charge in [-0.05, 0) is 26.0 Å². The average Bonchev–Trinajstić information content (AvgIpc) is 2.63. The zero-order valence-electron chi connectivity index (χ0n) is 9.71. The number of aliphatic hydroxyl groups is 1. The van der Waals surface area contributed by atoms with Gasteiger partial charge in [0.1, 0.15) is 11.3 Å². The van der Waals surface area contributed by atoms with Crippen LogP contribution in [-0.4, -0.2) is 32.3 Å². The van der Waals surface area contributed by atoms with Crippen LogP contribution >= 0.6 is 0 Å². The Hall–Kier alpha value is -1.88. The summed E-state index contributed by atoms with van der Waals surface area (Å²) in [6.45, 7) is 3.66. The molecule has 0 aliphatic carbocycles. The van der Waals surface area contributed by atoms with E-state index >= 15 is 0 Å². The number of carbonyl (C=O) groups is 1. The first-order valence-electron chi connectivity index (χ1n) is 5.38. The zero-order valence-corrected chi connectivity index (χ0v) is 9.71. The van der Waals surface area contributed by atoms with Crippen molar-refractivity contribution in [2.75, 3.05) is 6.61 Å². The predicted octanol–water partition coefficient (Wildman–Crippen LogP) is 1.60. The van der Waals surface area contributed by atoms with Gasteiger partial charge in [0.2, 0.25) is 0 Å². The number of hydrogen-bond donors (Lipinski definition) is 2. The van der Waals surface area contributed by atoms with Gasteiger partial charge in [-0.15, -0.1) is 0 Å². The highest BCUT2D eigenvalue weighted by Crippen LogP contribution is 2.23. The highest BCUT2D eigenvalue weighted by molar-refractivity contribution is 6.01. The van der Waals surface area contributed by atoms with E-state index in [-0.39, 0.29) is 18.2 Å². The highest BCUT2D eigenvalue weighted by Gasteiger charge is 2.17. The molecule has 2 aromatic rings. The van der Waals surface area contributed by atoms with E-state index < -0.39 is 5.97 Å². The second-order valence-corrected chi connectivity index (χ2v) is 4.04. The number of nitrogens with zero attached hydrogens (tertiary/aromatic N) is 2. The number of aryl methyl sites for hydroxylation is 1. The summed E-state index contributed by atoms with van der Waals surface area (Å²) in [6, 6.07) is 4.91. The quantitative estimate of drug-likeness (QED) is 0.845. The van der Waals surface area contributed by atoms with Gasteiger partial charge >= 0.3 is 5.97 Å². The lowest BCUT2D eigenvalue weighted by Gasteiger charge is -2.13. The maximum absolute atomic E-state index is 11.1. The minimum absolute atomic E-state index is 0.0103. The van der Waals surface area contributed by atoms with Crippen LogP contribution in [0.2, 0.25) is 0 Å². The summed E-state index contributed by atoms with van der Waals surface area (Å²) in [5.41, 5.74) is 1.40. The second kappa shape index (κ2) is 4.18. The maximum Gasteiger partial charge on any atom is 0.337 e. The summed E-state index contributed by atoms with van der Waals surface area (Å²) in [5.74, 6) is -0.285. The van der Waals surface area contributed by atoms with Gasteiger partial charge in [-0.1, -0.05) is 6.07 Å². The Morgan fingerprint density at radius 3 is 2.82 bits per heavy atom. The number of aliphatic hydroxyl groups excluding tert-OH is 1. The third-order valence-corrected chi connectivity index (χ3v) is 2.83. The van der Waals surface area contributed by atoms with Crippen molar-refractivity contribution in [3.63, 3.8) is 0 Å². The smallest absolute Gasteiger partial charge is 0.337 e. The molecule has 0 aliphatic heterocycles. The van der Waals surface area contributed by atoms with Crippen LogP contribution in [0, 0.1) is 6.92 Å². The molecule has 0 saturated heterocycles. The van der Waals surface area contributed by atoms with E-state index in [0.29, 0.717) is 11.3 Å². The fraction of sp³-hybridized carbons (Fsp3) is 0.333. The van der Waals surface area contributed by atoms with E-state index in [1.54, 1.807) is 13.0 Å². The van der Waals surface area contributed by atoms with Gasteiger partial charge in [-0.2, -0.15) is 0 Å². The Balaban J connectivity index is 2.76. The molecule has 0 fully saturated rings. The molecule has 1 aromatic heterocycles. The molecule has 1 aromatic carbocycles. The molecule has 0 spiro atoms. The van der Waals surface area contributed by atoms with Crippen LogP contribution < -0.4 is 0 Å². The number of benzene rings is 1. The lowest BCUT2D eigenvalue weighted by Crippen LogP contribution is -2.10. The van der Waals surface area contributed by atoms with Gasteiger partial charge in [-0.25, -0.2) is 9.78 Å². The van der Waals surface area contributed by atoms with E-state index in [1.807, 2.05) is 17.6 Å². The lowest BCUT2D eigenvalue weighted by atomic mass is 10.2. The number of aromatic carboxylic acids is 1. The Kier molecular flexibility index (Phi) is 2.85. The Labute approximate surface area is 98.3 Å². The average molecular weight is 234 g/mol. The minimum Gasteiger partial charge on any atom is -0.478 e. The van der Waals surface area contributed by atoms with Gasteiger partial charge < -0.3 is 14.8 Å². The van der Waals surface area contributed by atoms with Crippen LogP contribution in [-0.2, 0) is 0 Å². The molecule has 5 heteroatoms. The number of fused-ring (bicyclic) bond motifs is 1. The van der Waals surface area contributed by atoms with E-state index in [2.05, 4.69) is 4.98 Å². The number of rotatable bonds is 3. The third kappa shape index (κ3) is 1.78. The number of imidazole rings is 1. The predicted molar refractivity (Wildman–Crippen MR) is 63.2 cm³/mol. The number of carboxylic acids is 1. The molecular formula is C12H14N2O3. The Morgan fingerprint density at radius 2 is 2.24 bits per heavy atom. The van der Waals surface area contributed by atoms with Crippen LogP contribution in [0.5, 0.6) is 0 Å². The standard InChI is InChI=1S/C12H14N2O3/c1-7(6-15)14-8(2)13-11-9(12(16)17)4-3-5-10(11)14/h3-5,7,15H,6H2,1-2H3,(H,16,17). The Morgan fingerprint density at radius 1 is 1.53 bits per heavy atom. The molecule has 0 bridgehead atoms. The maximum atomic E-state index is 11.1. The first-order valence-corrected chi connectivity index (χ1v) is 5.38. The molecular weight excluding hydrogens is 220 g/mol. The SMILES string of the molecule is Cc1nc2c(C(=O)O)cccc2n1C(C)CO. The highest BCUT2D eigenvalue weighted by atomic mass is 16.4. The molecule has 1 atom stereocenters. The van der Waals surface area contributed by atoms with E-state index in [4.69, 9.17) is 5.11 Å². The van der Waals surface area contributed by atoms with Gasteiger partial charge in [0.05, 0.1) is 23.7 Å². The molecule has 0 amide bonds. The Bertz CT molecular complexity index is 574. The lowest BCUT2D eigenvalue weighted by molar-refractivity contribution is 0.0699. The fourth-order valence-corrected chi connectivity index (χ4v) is 2.04. The number of para-hydroxylation sites is 1. The summed E-state index contributed by atoms with van der Waals surface area (Å²) in [7, 11) is 0. The molecule has 1 heterocycles. The normalized spacial score (nSPS) is 12.9. The topological polar surface area (TPSA) is 75.3 Å². The van der Waals surface area contributed by atoms with Crippen molar-refractivity contribution in [3.8, 4) is 0 Å². The summed E-state index contributed by atoms with van der Waals surface area (Å²) >= 11 is 0. The van der Waals surface area contributed by atoms with Crippen molar-refractivity contribution in [3.05, 3.63) is 29.6 Å². The summed E-state index contributed by atoms with van der Waals surface area (Å²) in [5, 5.41) is 18.3. The molecule has 2 N–H and O–H groups in total. The van der Waals surface area contributed by atoms with Crippen molar-refractivity contribution in [2.45, 2.75) is 19.9 Å². The van der Waals surface area contributed by atoms with Gasteiger partial charge in [0, 0.05) is 0 Å². The molecule has 0 aliphatic rings. The zero-order chi connectivity index (χ0) is 12.6. The molecule has 2 rings (SSSR count). The second-order valence-electron chi connectivity index (χ2n) is 4.04. The van der Waals surface area contributed by atoms with Crippen LogP contribution in [0.4, 0.5) is 0 Å². The fourth-order valence-electron chi connectivity index (χ4n) is 2.04. The van der Waals surface area contributed by atoms with Crippen molar-refractivity contribution in [1.29, 1.82) is 0 Å². The summed E-state index contributed by atoms with van der Waals surface area (Å²) in [6.07, 6.45) is 0. The van der Waals surface area contributed by atoms with E-state index in [0.717, 1.165) is 5.52 Å². The number of hydrogen-bond acceptors (Lipinski definition) is 3. The largest absolute Gasteiger partial charge is 0.478 e. The van der Waals surface area contributed by atoms with Crippen molar-refractivity contribution < 1.29 is 15.0 Å². The molecule has 1 unspecified atom stereocenters. The summed E-state index contributed by atoms with van der Waals surface area (Å²) < 4.78 is 1.85. The van der Waals surface area contributed by atoms with Crippen LogP contribution in [0.1, 0.15) is 29.1 Å². The first kappa shape index (κ1) is 11.6. The molecule has 17 heavy (non-hydrogen) atoms. The molecule has 0 radical (unpaired) electrons.